The number of methoxy groups -OCH3 is 1. The minimum Gasteiger partial charge on any atom is -0.480 e. The van der Waals surface area contributed by atoms with Crippen molar-refractivity contribution >= 4 is 22.8 Å². The van der Waals surface area contributed by atoms with Gasteiger partial charge in [0.25, 0.3) is 5.56 Å². The average molecular weight is 333 g/mol. The molecule has 1 amide bonds. The molecule has 3 rings (SSSR count). The molecule has 0 atom stereocenters. The van der Waals surface area contributed by atoms with Crippen molar-refractivity contribution in [3.8, 4) is 17.1 Å². The summed E-state index contributed by atoms with van der Waals surface area (Å²) in [5.41, 5.74) is 1.13. The quantitative estimate of drug-likeness (QED) is 0.755. The highest BCUT2D eigenvalue weighted by atomic mass is 19.3. The summed E-state index contributed by atoms with van der Waals surface area (Å²) in [7, 11) is 3.16. The summed E-state index contributed by atoms with van der Waals surface area (Å²) >= 11 is 0. The summed E-state index contributed by atoms with van der Waals surface area (Å²) in [5, 5.41) is 2.79. The van der Waals surface area contributed by atoms with Crippen LogP contribution < -0.4 is 15.6 Å². The lowest BCUT2D eigenvalue weighted by Gasteiger charge is -2.07. The molecule has 0 unspecified atom stereocenters. The number of aryl methyl sites for hydroxylation is 1. The summed E-state index contributed by atoms with van der Waals surface area (Å²) in [6, 6.07) is 3.23. The monoisotopic (exact) mass is 333 g/mol. The van der Waals surface area contributed by atoms with E-state index >= 15 is 0 Å². The predicted molar refractivity (Wildman–Crippen MR) is 82.3 cm³/mol. The van der Waals surface area contributed by atoms with E-state index in [0.717, 1.165) is 0 Å². The van der Waals surface area contributed by atoms with Crippen LogP contribution in [0.4, 0.5) is 15.1 Å². The zero-order valence-corrected chi connectivity index (χ0v) is 12.7. The van der Waals surface area contributed by atoms with E-state index < -0.39 is 6.09 Å². The molecule has 0 radical (unpaired) electrons. The van der Waals surface area contributed by atoms with Gasteiger partial charge in [-0.15, -0.1) is 0 Å². The molecular formula is C14H12FN5O4. The molecule has 3 aromatic rings. The van der Waals surface area contributed by atoms with Crippen LogP contribution in [-0.4, -0.2) is 32.7 Å². The number of nitrogens with one attached hydrogen (secondary N) is 2. The molecule has 0 bridgehead atoms. The van der Waals surface area contributed by atoms with E-state index in [9.17, 15) is 14.1 Å². The second kappa shape index (κ2) is 5.99. The topological polar surface area (TPSA) is 111 Å². The Morgan fingerprint density at radius 1 is 1.38 bits per heavy atom. The number of amides is 1. The third-order valence-electron chi connectivity index (χ3n) is 3.50. The number of hydrogen-bond donors (Lipinski definition) is 2. The maximum absolute atomic E-state index is 12.2. The molecule has 0 saturated heterocycles. The van der Waals surface area contributed by atoms with Crippen LogP contribution in [0.15, 0.2) is 29.5 Å². The van der Waals surface area contributed by atoms with Crippen molar-refractivity contribution in [1.82, 2.24) is 19.5 Å². The first kappa shape index (κ1) is 15.5. The van der Waals surface area contributed by atoms with E-state index in [4.69, 9.17) is 4.74 Å². The van der Waals surface area contributed by atoms with Gasteiger partial charge in [0.2, 0.25) is 5.88 Å². The van der Waals surface area contributed by atoms with Gasteiger partial charge >= 0.3 is 6.09 Å². The number of rotatable bonds is 3. The average Bonchev–Trinajstić information content (AvgIpc) is 2.90. The molecule has 124 valence electrons. The Kier molecular flexibility index (Phi) is 3.86. The number of carbonyl (C=O) groups excluding carboxylic acids is 1. The lowest BCUT2D eigenvalue weighted by Crippen LogP contribution is -2.13. The van der Waals surface area contributed by atoms with Gasteiger partial charge in [-0.1, -0.05) is 0 Å². The first-order chi connectivity index (χ1) is 11.5. The highest BCUT2D eigenvalue weighted by molar-refractivity contribution is 5.91. The number of carbonyl (C=O) groups is 1. The number of halogens is 1. The lowest BCUT2D eigenvalue weighted by atomic mass is 10.2. The molecule has 0 fully saturated rings. The van der Waals surface area contributed by atoms with E-state index in [1.54, 1.807) is 17.7 Å². The number of anilines is 1. The number of pyridine rings is 1. The maximum Gasteiger partial charge on any atom is 0.450 e. The maximum atomic E-state index is 12.2. The standard InChI is InChI=1S/C14H12FN5O4/c1-20-8(11-12(21)17-6-18-13(11)23-2)3-7-4-10(16-5-9(7)20)19-14(22)24-15/h3-6H,1-2H3,(H,16,19,22)(H,17,18,21). The smallest absolute Gasteiger partial charge is 0.450 e. The van der Waals surface area contributed by atoms with Crippen molar-refractivity contribution in [1.29, 1.82) is 0 Å². The molecule has 3 heterocycles. The minimum absolute atomic E-state index is 0.106. The molecule has 2 N–H and O–H groups in total. The van der Waals surface area contributed by atoms with Crippen molar-refractivity contribution in [2.24, 2.45) is 7.05 Å². The third kappa shape index (κ3) is 2.53. The number of ether oxygens (including phenoxy) is 1. The Morgan fingerprint density at radius 2 is 2.17 bits per heavy atom. The number of H-pyrrole nitrogens is 1. The minimum atomic E-state index is -1.27. The second-order valence-corrected chi connectivity index (χ2v) is 4.82. The largest absolute Gasteiger partial charge is 0.480 e. The normalized spacial score (nSPS) is 10.6. The molecule has 0 saturated carbocycles. The van der Waals surface area contributed by atoms with Crippen LogP contribution in [0, 0.1) is 0 Å². The fourth-order valence-electron chi connectivity index (χ4n) is 2.43. The highest BCUT2D eigenvalue weighted by Gasteiger charge is 2.18. The van der Waals surface area contributed by atoms with Crippen molar-refractivity contribution in [3.05, 3.63) is 35.0 Å². The van der Waals surface area contributed by atoms with Crippen LogP contribution in [0.2, 0.25) is 0 Å². The van der Waals surface area contributed by atoms with Gasteiger partial charge in [-0.25, -0.2) is 19.7 Å². The Balaban J connectivity index is 2.16. The van der Waals surface area contributed by atoms with Gasteiger partial charge in [-0.05, 0) is 12.1 Å². The van der Waals surface area contributed by atoms with E-state index in [1.165, 1.54) is 25.7 Å². The van der Waals surface area contributed by atoms with Crippen LogP contribution in [0.1, 0.15) is 0 Å². The Bertz CT molecular complexity index is 981. The second-order valence-electron chi connectivity index (χ2n) is 4.82. The van der Waals surface area contributed by atoms with Gasteiger partial charge in [0.1, 0.15) is 11.4 Å². The molecule has 9 nitrogen and oxygen atoms in total. The van der Waals surface area contributed by atoms with Crippen molar-refractivity contribution in [2.45, 2.75) is 0 Å². The fraction of sp³-hybridized carbons (Fsp3) is 0.143. The zero-order chi connectivity index (χ0) is 17.3. The van der Waals surface area contributed by atoms with Crippen LogP contribution in [0.5, 0.6) is 5.88 Å². The van der Waals surface area contributed by atoms with Crippen molar-refractivity contribution in [2.75, 3.05) is 12.4 Å². The molecule has 24 heavy (non-hydrogen) atoms. The third-order valence-corrected chi connectivity index (χ3v) is 3.50. The SMILES string of the molecule is COc1nc[nH]c(=O)c1-c1cc2cc(NC(=O)OF)ncc2n1C. The summed E-state index contributed by atoms with van der Waals surface area (Å²) in [5.74, 6) is 0.284. The van der Waals surface area contributed by atoms with Crippen LogP contribution in [0.25, 0.3) is 22.2 Å². The van der Waals surface area contributed by atoms with Gasteiger partial charge in [-0.2, -0.15) is 0 Å². The van der Waals surface area contributed by atoms with Gasteiger partial charge in [0, 0.05) is 17.0 Å². The molecule has 10 heteroatoms. The summed E-state index contributed by atoms with van der Waals surface area (Å²) in [6.07, 6.45) is 1.45. The van der Waals surface area contributed by atoms with Gasteiger partial charge in [-0.3, -0.25) is 10.1 Å². The van der Waals surface area contributed by atoms with E-state index in [1.807, 2.05) is 0 Å². The molecule has 0 aromatic carbocycles. The number of fused-ring (bicyclic) bond motifs is 1. The predicted octanol–water partition coefficient (Wildman–Crippen LogP) is 1.77. The van der Waals surface area contributed by atoms with E-state index in [-0.39, 0.29) is 22.8 Å². The van der Waals surface area contributed by atoms with Gasteiger partial charge in [0.05, 0.1) is 30.8 Å². The van der Waals surface area contributed by atoms with Crippen molar-refractivity contribution in [3.63, 3.8) is 0 Å². The van der Waals surface area contributed by atoms with Crippen molar-refractivity contribution < 1.29 is 19.0 Å². The number of aromatic nitrogens is 4. The lowest BCUT2D eigenvalue weighted by molar-refractivity contribution is -0.0544. The summed E-state index contributed by atoms with van der Waals surface area (Å²) < 4.78 is 18.7. The number of nitrogens with zero attached hydrogens (tertiary/aromatic N) is 3. The fourth-order valence-corrected chi connectivity index (χ4v) is 2.43. The first-order valence-corrected chi connectivity index (χ1v) is 6.72. The molecule has 0 aliphatic rings. The van der Waals surface area contributed by atoms with Crippen LogP contribution in [0.3, 0.4) is 0 Å². The number of hydrogen-bond acceptors (Lipinski definition) is 6. The summed E-state index contributed by atoms with van der Waals surface area (Å²) in [4.78, 5) is 36.6. The Hall–Kier alpha value is -3.43. The van der Waals surface area contributed by atoms with E-state index in [2.05, 4.69) is 25.2 Å². The first-order valence-electron chi connectivity index (χ1n) is 6.72. The molecule has 0 aliphatic heterocycles. The van der Waals surface area contributed by atoms with Gasteiger partial charge < -0.3 is 14.3 Å². The Labute approximate surface area is 134 Å². The Morgan fingerprint density at radius 3 is 2.88 bits per heavy atom. The molecular weight excluding hydrogens is 321 g/mol. The van der Waals surface area contributed by atoms with Crippen LogP contribution >= 0.6 is 0 Å². The molecule has 0 spiro atoms. The van der Waals surface area contributed by atoms with Gasteiger partial charge in [0.15, 0.2) is 0 Å². The van der Waals surface area contributed by atoms with Crippen LogP contribution in [-0.2, 0) is 12.0 Å². The van der Waals surface area contributed by atoms with E-state index in [0.29, 0.717) is 16.6 Å². The summed E-state index contributed by atoms with van der Waals surface area (Å²) in [6.45, 7) is 0. The zero-order valence-electron chi connectivity index (χ0n) is 12.7. The number of aromatic amines is 1. The molecule has 3 aromatic heterocycles. The molecule has 0 aliphatic carbocycles. The highest BCUT2D eigenvalue weighted by Crippen LogP contribution is 2.30.